The number of aliphatic hydroxyl groups excluding tert-OH is 3. The van der Waals surface area contributed by atoms with Gasteiger partial charge in [-0.2, -0.15) is 0 Å². The largest absolute Gasteiger partial charge is 0.497 e. The fourth-order valence-corrected chi connectivity index (χ4v) is 9.79. The second-order valence-corrected chi connectivity index (χ2v) is 20.1. The van der Waals surface area contributed by atoms with Gasteiger partial charge in [-0.05, 0) is 84.9 Å². The Balaban J connectivity index is 1.08. The zero-order valence-corrected chi connectivity index (χ0v) is 47.4. The van der Waals surface area contributed by atoms with E-state index >= 15 is 0 Å². The number of hydrogen-bond acceptors (Lipinski definition) is 24. The van der Waals surface area contributed by atoms with Gasteiger partial charge in [0.1, 0.15) is 35.9 Å². The van der Waals surface area contributed by atoms with Crippen LogP contribution in [0, 0.1) is 0 Å². The summed E-state index contributed by atoms with van der Waals surface area (Å²) in [5, 5.41) is 35.0. The molecule has 462 valence electrons. The third-order valence-electron chi connectivity index (χ3n) is 14.0. The molecule has 0 aromatic heterocycles. The second-order valence-electron chi connectivity index (χ2n) is 20.1. The Kier molecular flexibility index (Phi) is 21.6. The highest BCUT2D eigenvalue weighted by atomic mass is 16.8. The first-order chi connectivity index (χ1) is 42.6. The maximum Gasteiger partial charge on any atom is 0.338 e. The van der Waals surface area contributed by atoms with Gasteiger partial charge in [-0.1, -0.05) is 91.0 Å². The minimum absolute atomic E-state index is 0.00390. The molecule has 6 aromatic rings. The van der Waals surface area contributed by atoms with Crippen molar-refractivity contribution in [2.24, 2.45) is 0 Å². The van der Waals surface area contributed by atoms with Gasteiger partial charge in [0.05, 0.1) is 54.7 Å². The van der Waals surface area contributed by atoms with E-state index in [1.807, 2.05) is 0 Å². The minimum Gasteiger partial charge on any atom is -0.497 e. The van der Waals surface area contributed by atoms with Crippen LogP contribution in [0.25, 0.3) is 0 Å². The van der Waals surface area contributed by atoms with Crippen molar-refractivity contribution in [3.8, 4) is 11.5 Å². The van der Waals surface area contributed by atoms with E-state index in [9.17, 15) is 48.9 Å². The Labute approximate surface area is 503 Å². The number of rotatable bonds is 22. The highest BCUT2D eigenvalue weighted by Gasteiger charge is 2.57. The van der Waals surface area contributed by atoms with Crippen molar-refractivity contribution in [2.75, 3.05) is 26.9 Å². The molecule has 24 heteroatoms. The van der Waals surface area contributed by atoms with E-state index in [4.69, 9.17) is 66.3 Å². The molecule has 9 rings (SSSR count). The number of ether oxygens (including phenoxy) is 14. The van der Waals surface area contributed by atoms with Crippen LogP contribution in [0.4, 0.5) is 0 Å². The molecule has 0 bridgehead atoms. The third-order valence-corrected chi connectivity index (χ3v) is 14.0. The summed E-state index contributed by atoms with van der Waals surface area (Å²) in [5.74, 6) is -6.21. The minimum atomic E-state index is -2.04. The van der Waals surface area contributed by atoms with Crippen molar-refractivity contribution in [2.45, 2.75) is 106 Å². The molecule has 15 atom stereocenters. The molecule has 0 unspecified atom stereocenters. The van der Waals surface area contributed by atoms with Gasteiger partial charge in [-0.25, -0.2) is 24.0 Å². The molecule has 3 heterocycles. The van der Waals surface area contributed by atoms with Crippen LogP contribution in [0.1, 0.15) is 65.6 Å². The van der Waals surface area contributed by atoms with Gasteiger partial charge in [0.15, 0.2) is 61.4 Å². The van der Waals surface area contributed by atoms with E-state index in [1.54, 1.807) is 103 Å². The van der Waals surface area contributed by atoms with E-state index in [0.717, 1.165) is 13.8 Å². The van der Waals surface area contributed by atoms with Crippen LogP contribution in [0.3, 0.4) is 0 Å². The summed E-state index contributed by atoms with van der Waals surface area (Å²) in [6.45, 7) is -0.453. The smallest absolute Gasteiger partial charge is 0.338 e. The van der Waals surface area contributed by atoms with Gasteiger partial charge < -0.3 is 81.6 Å². The Morgan fingerprint density at radius 1 is 0.364 bits per heavy atom. The average molecular weight is 1220 g/mol. The Hall–Kier alpha value is -9.11. The van der Waals surface area contributed by atoms with Crippen LogP contribution in [-0.2, 0) is 66.4 Å². The number of carbonyl (C=O) groups excluding carboxylic acids is 7. The molecule has 0 radical (unpaired) electrons. The third kappa shape index (κ3) is 15.9. The molecule has 3 saturated heterocycles. The molecular weight excluding hydrogens is 1150 g/mol. The van der Waals surface area contributed by atoms with Gasteiger partial charge in [-0.3, -0.25) is 9.59 Å². The molecule has 3 fully saturated rings. The summed E-state index contributed by atoms with van der Waals surface area (Å²) >= 11 is 0. The molecule has 0 aliphatic carbocycles. The quantitative estimate of drug-likeness (QED) is 0.0596. The molecule has 0 saturated carbocycles. The summed E-state index contributed by atoms with van der Waals surface area (Å²) in [7, 11) is 1.45. The van der Waals surface area contributed by atoms with E-state index in [1.165, 1.54) is 79.9 Å². The molecule has 6 aromatic carbocycles. The molecular formula is C64H62O24. The lowest BCUT2D eigenvalue weighted by Crippen LogP contribution is -2.65. The van der Waals surface area contributed by atoms with Crippen molar-refractivity contribution in [3.63, 3.8) is 0 Å². The van der Waals surface area contributed by atoms with Crippen LogP contribution in [0.2, 0.25) is 0 Å². The lowest BCUT2D eigenvalue weighted by Gasteiger charge is -2.46. The van der Waals surface area contributed by atoms with Crippen LogP contribution in [0.15, 0.2) is 176 Å². The van der Waals surface area contributed by atoms with E-state index in [-0.39, 0.29) is 33.6 Å². The number of aliphatic hydroxyl groups is 3. The second kappa shape index (κ2) is 30.0. The highest BCUT2D eigenvalue weighted by molar-refractivity contribution is 5.92. The summed E-state index contributed by atoms with van der Waals surface area (Å²) in [5.41, 5.74) is 0.144. The van der Waals surface area contributed by atoms with Crippen LogP contribution in [0.5, 0.6) is 11.5 Å². The first-order valence-electron chi connectivity index (χ1n) is 27.7. The maximum absolute atomic E-state index is 14.3. The topological polar surface area (TPSA) is 309 Å². The van der Waals surface area contributed by atoms with E-state index in [0.29, 0.717) is 5.75 Å². The average Bonchev–Trinajstić information content (AvgIpc) is 2.33. The normalized spacial score (nSPS) is 26.6. The standard InChI is InChI=1S/C64H62O24/c1-36(66)78-51-46(82-63(80-44-31-29-43(75-3)30-32-44)49(69)54(51)87-60(73)41-25-15-7-16-26-41)35-77-64-56(79-37(2)67)55(88-61(74)42-27-17-8-18-28-42)52(85-58(71)39-21-11-5-12-22-39)47(83-64)34-76-62-48(68)53(86-59(72)40-23-13-6-14-24-40)50(45(33-65)81-62)84-57(70)38-19-9-4-10-20-38/h4-32,45-56,62-65,68-69H,33-35H2,1-3H3/t45-,46-,47-,48+,49+,50-,51-,52-,53-,54-,55+,56+,62+,63+,64+/m1/s1. The summed E-state index contributed by atoms with van der Waals surface area (Å²) in [4.78, 5) is 96.0. The van der Waals surface area contributed by atoms with Crippen LogP contribution < -0.4 is 9.47 Å². The lowest BCUT2D eigenvalue weighted by molar-refractivity contribution is -0.338. The Bertz CT molecular complexity index is 3280. The maximum atomic E-state index is 14.3. The summed E-state index contributed by atoms with van der Waals surface area (Å²) in [6.07, 6.45) is -26.9. The van der Waals surface area contributed by atoms with Crippen LogP contribution >= 0.6 is 0 Å². The van der Waals surface area contributed by atoms with E-state index < -0.39 is 154 Å². The SMILES string of the molecule is COc1ccc(O[C@H]2O[C@H](CO[C@H]3O[C@H](CO[C@H]4O[C@H](CO)[C@@H](OC(=O)c5ccccc5)[C@H](OC(=O)c5ccccc5)[C@@H]4O)[C@@H](OC(=O)c4ccccc4)[C@H](OC(=O)c4ccccc4)[C@@H]3OC(C)=O)[C@@H](OC(C)=O)[C@H](OC(=O)c3ccccc3)[C@@H]2O)cc1. The fourth-order valence-electron chi connectivity index (χ4n) is 9.79. The predicted octanol–water partition coefficient (Wildman–Crippen LogP) is 4.99. The lowest BCUT2D eigenvalue weighted by atomic mass is 9.96. The molecule has 3 N–H and O–H groups in total. The molecule has 0 spiro atoms. The summed E-state index contributed by atoms with van der Waals surface area (Å²) < 4.78 is 84.5. The first kappa shape index (κ1) is 63.4. The first-order valence-corrected chi connectivity index (χ1v) is 27.7. The van der Waals surface area contributed by atoms with Gasteiger partial charge in [0.25, 0.3) is 0 Å². The Morgan fingerprint density at radius 2 is 0.670 bits per heavy atom. The van der Waals surface area contributed by atoms with Crippen molar-refractivity contribution in [1.29, 1.82) is 0 Å². The van der Waals surface area contributed by atoms with E-state index in [2.05, 4.69) is 0 Å². The molecule has 88 heavy (non-hydrogen) atoms. The van der Waals surface area contributed by atoms with Crippen molar-refractivity contribution in [3.05, 3.63) is 204 Å². The number of esters is 7. The van der Waals surface area contributed by atoms with Crippen molar-refractivity contribution in [1.82, 2.24) is 0 Å². The monoisotopic (exact) mass is 1210 g/mol. The zero-order chi connectivity index (χ0) is 62.3. The van der Waals surface area contributed by atoms with Gasteiger partial charge in [0.2, 0.25) is 6.29 Å². The Morgan fingerprint density at radius 3 is 1.06 bits per heavy atom. The molecule has 3 aliphatic heterocycles. The van der Waals surface area contributed by atoms with Gasteiger partial charge >= 0.3 is 41.8 Å². The van der Waals surface area contributed by atoms with Crippen molar-refractivity contribution >= 4 is 41.8 Å². The van der Waals surface area contributed by atoms with Crippen molar-refractivity contribution < 1.29 is 115 Å². The van der Waals surface area contributed by atoms with Gasteiger partial charge in [0, 0.05) is 13.8 Å². The highest BCUT2D eigenvalue weighted by Crippen LogP contribution is 2.36. The molecule has 3 aliphatic rings. The number of carbonyl (C=O) groups is 7. The summed E-state index contributed by atoms with van der Waals surface area (Å²) in [6, 6.07) is 44.3. The number of hydrogen-bond donors (Lipinski definition) is 3. The number of benzene rings is 6. The predicted molar refractivity (Wildman–Crippen MR) is 300 cm³/mol. The number of methoxy groups -OCH3 is 1. The molecule has 0 amide bonds. The molecule has 24 nitrogen and oxygen atoms in total. The fraction of sp³-hybridized carbons (Fsp3) is 0.328. The van der Waals surface area contributed by atoms with Gasteiger partial charge in [-0.15, -0.1) is 0 Å². The zero-order valence-electron chi connectivity index (χ0n) is 47.4. The van der Waals surface area contributed by atoms with Crippen LogP contribution in [-0.4, -0.2) is 176 Å².